The molecule has 2 atom stereocenters. The number of nitrogens with one attached hydrogen (secondary N) is 1. The predicted molar refractivity (Wildman–Crippen MR) is 142 cm³/mol. The Morgan fingerprint density at radius 1 is 1.05 bits per heavy atom. The average Bonchev–Trinajstić information content (AvgIpc) is 3.39. The van der Waals surface area contributed by atoms with E-state index in [9.17, 15) is 13.2 Å². The van der Waals surface area contributed by atoms with Gasteiger partial charge in [0, 0.05) is 36.2 Å². The van der Waals surface area contributed by atoms with Crippen molar-refractivity contribution in [3.05, 3.63) is 93.9 Å². The maximum Gasteiger partial charge on any atom is 0.573 e. The van der Waals surface area contributed by atoms with E-state index in [4.69, 9.17) is 18.9 Å². The lowest BCUT2D eigenvalue weighted by atomic mass is 9.80. The number of benzene rings is 2. The first kappa shape index (κ1) is 29.1. The lowest BCUT2D eigenvalue weighted by Crippen LogP contribution is -3.06. The molecule has 218 valence electrons. The zero-order valence-corrected chi connectivity index (χ0v) is 23.5. The van der Waals surface area contributed by atoms with Crippen molar-refractivity contribution in [2.45, 2.75) is 45.1 Å². The van der Waals surface area contributed by atoms with Crippen LogP contribution in [0.1, 0.15) is 36.5 Å². The summed E-state index contributed by atoms with van der Waals surface area (Å²) < 4.78 is 65.8. The molecule has 3 aliphatic heterocycles. The van der Waals surface area contributed by atoms with Gasteiger partial charge in [0.25, 0.3) is 0 Å². The standard InChI is InChI=1S/C31H30F3NO5.ClH/c1-3-4-13-37-30-25-17-35-12-11-20-15-27-28(39-18-38-27)16-23(20)29(35)24(22(25)9-10-26(30)36-2)14-19-5-7-21(8-6-19)40-31(32,33)34;/h5-10,15-17,30H,3-4,11-14,18H2,1-2H3;1H. The smallest absolute Gasteiger partial charge is 0.573 e. The van der Waals surface area contributed by atoms with Gasteiger partial charge in [-0.3, -0.25) is 4.90 Å². The molecule has 0 bridgehead atoms. The normalized spacial score (nSPS) is 20.6. The van der Waals surface area contributed by atoms with Crippen molar-refractivity contribution in [3.8, 4) is 17.2 Å². The zero-order valence-electron chi connectivity index (χ0n) is 22.8. The number of unbranched alkanes of at least 4 members (excludes halogenated alkanes) is 1. The molecule has 0 saturated carbocycles. The van der Waals surface area contributed by atoms with Crippen LogP contribution >= 0.6 is 0 Å². The summed E-state index contributed by atoms with van der Waals surface area (Å²) >= 11 is 0. The van der Waals surface area contributed by atoms with Gasteiger partial charge in [-0.05, 0) is 53.5 Å². The lowest BCUT2D eigenvalue weighted by molar-refractivity contribution is -0.771. The molecule has 10 heteroatoms. The van der Waals surface area contributed by atoms with Crippen LogP contribution in [0.5, 0.6) is 17.2 Å². The van der Waals surface area contributed by atoms with Crippen molar-refractivity contribution >= 4 is 5.70 Å². The Bertz CT molecular complexity index is 1430. The summed E-state index contributed by atoms with van der Waals surface area (Å²) in [5.41, 5.74) is 7.47. The number of fused-ring (bicyclic) bond motifs is 5. The molecule has 0 radical (unpaired) electrons. The second-order valence-corrected chi connectivity index (χ2v) is 10.2. The van der Waals surface area contributed by atoms with Gasteiger partial charge in [-0.2, -0.15) is 0 Å². The topological polar surface area (TPSA) is 50.6 Å². The third-order valence-corrected chi connectivity index (χ3v) is 7.63. The fraction of sp³-hybridized carbons (Fsp3) is 0.355. The van der Waals surface area contributed by atoms with Crippen molar-refractivity contribution in [3.63, 3.8) is 0 Å². The molecule has 2 unspecified atom stereocenters. The molecule has 1 aliphatic carbocycles. The third-order valence-electron chi connectivity index (χ3n) is 7.63. The minimum absolute atomic E-state index is 0. The van der Waals surface area contributed by atoms with E-state index in [0.29, 0.717) is 13.0 Å². The highest BCUT2D eigenvalue weighted by Gasteiger charge is 2.40. The molecule has 0 spiro atoms. The predicted octanol–water partition coefficient (Wildman–Crippen LogP) is 2.27. The van der Waals surface area contributed by atoms with Crippen LogP contribution in [0.4, 0.5) is 13.2 Å². The molecular weight excluding hydrogens is 559 g/mol. The number of rotatable bonds is 8. The van der Waals surface area contributed by atoms with E-state index in [1.807, 2.05) is 6.08 Å². The van der Waals surface area contributed by atoms with Gasteiger partial charge in [-0.25, -0.2) is 0 Å². The Morgan fingerprint density at radius 3 is 2.51 bits per heavy atom. The molecule has 4 aliphatic rings. The van der Waals surface area contributed by atoms with Gasteiger partial charge >= 0.3 is 6.36 Å². The highest BCUT2D eigenvalue weighted by molar-refractivity contribution is 5.77. The Balaban J connectivity index is 0.00000337. The van der Waals surface area contributed by atoms with Crippen LogP contribution in [0.25, 0.3) is 5.70 Å². The molecule has 3 heterocycles. The van der Waals surface area contributed by atoms with Crippen LogP contribution in [-0.2, 0) is 22.3 Å². The minimum atomic E-state index is -4.73. The highest BCUT2D eigenvalue weighted by atomic mass is 35.5. The quantitative estimate of drug-likeness (QED) is 0.479. The third kappa shape index (κ3) is 5.84. The Morgan fingerprint density at radius 2 is 1.80 bits per heavy atom. The molecule has 1 N–H and O–H groups in total. The summed E-state index contributed by atoms with van der Waals surface area (Å²) in [7, 11) is 1.66. The van der Waals surface area contributed by atoms with E-state index in [1.54, 1.807) is 19.2 Å². The van der Waals surface area contributed by atoms with Crippen molar-refractivity contribution in [2.75, 3.05) is 27.1 Å². The van der Waals surface area contributed by atoms with E-state index in [2.05, 4.69) is 36.1 Å². The number of quaternary nitrogens is 1. The van der Waals surface area contributed by atoms with Crippen LogP contribution in [-0.4, -0.2) is 39.5 Å². The Labute approximate surface area is 243 Å². The molecule has 2 aromatic rings. The first-order valence-electron chi connectivity index (χ1n) is 13.5. The van der Waals surface area contributed by atoms with Crippen LogP contribution < -0.4 is 31.5 Å². The lowest BCUT2D eigenvalue weighted by Gasteiger charge is -2.36. The number of hydrogen-bond donors (Lipinski definition) is 1. The first-order valence-corrected chi connectivity index (χ1v) is 13.5. The van der Waals surface area contributed by atoms with Gasteiger partial charge in [0.15, 0.2) is 11.5 Å². The highest BCUT2D eigenvalue weighted by Crippen LogP contribution is 2.43. The molecule has 6 nitrogen and oxygen atoms in total. The Hall–Kier alpha value is -3.40. The number of methoxy groups -OCH3 is 1. The molecule has 0 aromatic heterocycles. The summed E-state index contributed by atoms with van der Waals surface area (Å²) in [4.78, 5) is 1.20. The number of alkyl halides is 3. The monoisotopic (exact) mass is 589 g/mol. The van der Waals surface area contributed by atoms with Crippen molar-refractivity contribution < 1.29 is 54.2 Å². The van der Waals surface area contributed by atoms with Gasteiger partial charge in [-0.1, -0.05) is 31.6 Å². The SMILES string of the molecule is CCCCOC1C(OC)=CC=C2C1=C[NH+]1CCc3cc4c(cc3C1=C2Cc1ccc(OC(F)(F)F)cc1)OCO4.[Cl-]. The fourth-order valence-corrected chi connectivity index (χ4v) is 5.78. The maximum absolute atomic E-state index is 12.7. The van der Waals surface area contributed by atoms with Crippen molar-refractivity contribution in [2.24, 2.45) is 0 Å². The van der Waals surface area contributed by atoms with Crippen molar-refractivity contribution in [1.29, 1.82) is 0 Å². The second-order valence-electron chi connectivity index (χ2n) is 10.2. The van der Waals surface area contributed by atoms with Crippen LogP contribution in [0.15, 0.2) is 77.2 Å². The van der Waals surface area contributed by atoms with E-state index >= 15 is 0 Å². The second kappa shape index (κ2) is 11.8. The Kier molecular flexibility index (Phi) is 8.40. The fourth-order valence-electron chi connectivity index (χ4n) is 5.78. The van der Waals surface area contributed by atoms with Crippen molar-refractivity contribution in [1.82, 2.24) is 0 Å². The number of hydrogen-bond acceptors (Lipinski definition) is 5. The van der Waals surface area contributed by atoms with E-state index in [-0.39, 0.29) is 31.1 Å². The molecule has 41 heavy (non-hydrogen) atoms. The van der Waals surface area contributed by atoms with Gasteiger partial charge < -0.3 is 36.1 Å². The van der Waals surface area contributed by atoms with Gasteiger partial charge in [0.2, 0.25) is 6.79 Å². The van der Waals surface area contributed by atoms with Crippen LogP contribution in [0.2, 0.25) is 0 Å². The summed E-state index contributed by atoms with van der Waals surface area (Å²) in [6.45, 7) is 3.78. The summed E-state index contributed by atoms with van der Waals surface area (Å²) in [5, 5.41) is 0. The molecule has 0 fully saturated rings. The first-order chi connectivity index (χ1) is 19.3. The van der Waals surface area contributed by atoms with Gasteiger partial charge in [-0.15, -0.1) is 13.2 Å². The average molecular weight is 590 g/mol. The molecule has 0 saturated heterocycles. The minimum Gasteiger partial charge on any atom is -1.00 e. The largest absolute Gasteiger partial charge is 1.00 e. The maximum atomic E-state index is 12.7. The van der Waals surface area contributed by atoms with E-state index in [1.165, 1.54) is 22.6 Å². The molecule has 2 aromatic carbocycles. The van der Waals surface area contributed by atoms with E-state index < -0.39 is 6.36 Å². The molecular formula is C31H31ClF3NO5. The van der Waals surface area contributed by atoms with Crippen LogP contribution in [0.3, 0.4) is 0 Å². The summed E-state index contributed by atoms with van der Waals surface area (Å²) in [6.07, 6.45) is 4.53. The summed E-state index contributed by atoms with van der Waals surface area (Å²) in [6, 6.07) is 10.2. The summed E-state index contributed by atoms with van der Waals surface area (Å²) in [5.74, 6) is 1.98. The number of allylic oxidation sites excluding steroid dienone is 3. The number of ether oxygens (including phenoxy) is 5. The zero-order chi connectivity index (χ0) is 27.9. The van der Waals surface area contributed by atoms with Crippen LogP contribution in [0, 0.1) is 0 Å². The van der Waals surface area contributed by atoms with Gasteiger partial charge in [0.1, 0.15) is 29.5 Å². The van der Waals surface area contributed by atoms with E-state index in [0.717, 1.165) is 76.6 Å². The van der Waals surface area contributed by atoms with Gasteiger partial charge in [0.05, 0.1) is 13.7 Å². The molecule has 0 amide bonds. The number of halogens is 4. The molecule has 6 rings (SSSR count).